The van der Waals surface area contributed by atoms with Crippen molar-refractivity contribution in [3.05, 3.63) is 70.8 Å². The predicted octanol–water partition coefficient (Wildman–Crippen LogP) is 3.86. The first kappa shape index (κ1) is 20.4. The smallest absolute Gasteiger partial charge is 0.335 e. The van der Waals surface area contributed by atoms with Crippen LogP contribution in [0.15, 0.2) is 48.5 Å². The van der Waals surface area contributed by atoms with E-state index < -0.39 is 5.97 Å². The Bertz CT molecular complexity index is 824. The maximum absolute atomic E-state index is 13.0. The number of carboxylic acids is 1. The molecule has 2 aromatic rings. The molecular weight excluding hydrogens is 376 g/mol. The lowest BCUT2D eigenvalue weighted by Crippen LogP contribution is -2.58. The molecule has 0 bridgehead atoms. The van der Waals surface area contributed by atoms with E-state index in [1.54, 1.807) is 12.1 Å². The molecular formula is C22H25ClN2O3. The Balaban J connectivity index is 1.65. The highest BCUT2D eigenvalue weighted by Crippen LogP contribution is 2.21. The molecule has 1 amide bonds. The molecule has 148 valence electrons. The average Bonchev–Trinajstić information content (AvgIpc) is 2.68. The summed E-state index contributed by atoms with van der Waals surface area (Å²) in [6.07, 6.45) is 0. The summed E-state index contributed by atoms with van der Waals surface area (Å²) in [4.78, 5) is 28.3. The Kier molecular flexibility index (Phi) is 6.37. The van der Waals surface area contributed by atoms with E-state index in [2.05, 4.69) is 18.7 Å². The van der Waals surface area contributed by atoms with Crippen LogP contribution in [-0.2, 0) is 12.4 Å². The number of rotatable bonds is 5. The number of alkyl halides is 1. The standard InChI is InChI=1S/C22H25ClN2O3/c1-15-12-24(14-18-5-9-20(10-6-18)22(27)28)13-16(2)25(15)21(26)19-7-3-17(11-23)4-8-19/h3-10,15-16H,11-14H2,1-2H3,(H,27,28)/t15-,16+. The van der Waals surface area contributed by atoms with E-state index in [0.29, 0.717) is 17.0 Å². The van der Waals surface area contributed by atoms with Crippen LogP contribution in [0.2, 0.25) is 0 Å². The Labute approximate surface area is 170 Å². The summed E-state index contributed by atoms with van der Waals surface area (Å²) in [5.41, 5.74) is 3.05. The van der Waals surface area contributed by atoms with Crippen LogP contribution in [0.25, 0.3) is 0 Å². The number of nitrogens with zero attached hydrogens (tertiary/aromatic N) is 2. The molecule has 1 N–H and O–H groups in total. The van der Waals surface area contributed by atoms with Crippen molar-refractivity contribution < 1.29 is 14.7 Å². The van der Waals surface area contributed by atoms with Crippen molar-refractivity contribution in [3.63, 3.8) is 0 Å². The number of piperazine rings is 1. The van der Waals surface area contributed by atoms with E-state index in [1.165, 1.54) is 0 Å². The minimum absolute atomic E-state index is 0.0478. The number of halogens is 1. The number of carboxylic acid groups (broad SMARTS) is 1. The molecule has 0 spiro atoms. The van der Waals surface area contributed by atoms with Crippen LogP contribution in [0.3, 0.4) is 0 Å². The normalized spacial score (nSPS) is 20.2. The third-order valence-electron chi connectivity index (χ3n) is 5.19. The van der Waals surface area contributed by atoms with Gasteiger partial charge < -0.3 is 10.0 Å². The van der Waals surface area contributed by atoms with Gasteiger partial charge in [-0.25, -0.2) is 4.79 Å². The molecule has 2 aromatic carbocycles. The van der Waals surface area contributed by atoms with E-state index >= 15 is 0 Å². The second kappa shape index (κ2) is 8.76. The number of hydrogen-bond acceptors (Lipinski definition) is 3. The summed E-state index contributed by atoms with van der Waals surface area (Å²) >= 11 is 5.83. The summed E-state index contributed by atoms with van der Waals surface area (Å²) in [5, 5.41) is 9.02. The molecule has 1 aliphatic heterocycles. The maximum Gasteiger partial charge on any atom is 0.335 e. The third-order valence-corrected chi connectivity index (χ3v) is 5.50. The molecule has 3 rings (SSSR count). The second-order valence-electron chi connectivity index (χ2n) is 7.44. The highest BCUT2D eigenvalue weighted by atomic mass is 35.5. The van der Waals surface area contributed by atoms with Gasteiger partial charge in [0, 0.05) is 43.2 Å². The number of aromatic carboxylic acids is 1. The van der Waals surface area contributed by atoms with E-state index in [9.17, 15) is 9.59 Å². The molecule has 6 heteroatoms. The van der Waals surface area contributed by atoms with E-state index in [-0.39, 0.29) is 18.0 Å². The van der Waals surface area contributed by atoms with Gasteiger partial charge in [0.1, 0.15) is 0 Å². The number of amides is 1. The summed E-state index contributed by atoms with van der Waals surface area (Å²) in [7, 11) is 0. The minimum Gasteiger partial charge on any atom is -0.478 e. The van der Waals surface area contributed by atoms with Crippen molar-refractivity contribution in [2.45, 2.75) is 38.4 Å². The molecule has 28 heavy (non-hydrogen) atoms. The van der Waals surface area contributed by atoms with Crippen LogP contribution in [0.1, 0.15) is 45.7 Å². The molecule has 0 aliphatic carbocycles. The summed E-state index contributed by atoms with van der Waals surface area (Å²) in [6, 6.07) is 14.6. The third kappa shape index (κ3) is 4.54. The summed E-state index contributed by atoms with van der Waals surface area (Å²) in [5.74, 6) is -0.431. The first-order valence-corrected chi connectivity index (χ1v) is 9.94. The maximum atomic E-state index is 13.0. The van der Waals surface area contributed by atoms with Crippen molar-refractivity contribution in [2.75, 3.05) is 13.1 Å². The molecule has 2 atom stereocenters. The lowest BCUT2D eigenvalue weighted by molar-refractivity contribution is 0.0268. The van der Waals surface area contributed by atoms with Crippen LogP contribution in [-0.4, -0.2) is 52.0 Å². The zero-order chi connectivity index (χ0) is 20.3. The molecule has 1 saturated heterocycles. The monoisotopic (exact) mass is 400 g/mol. The molecule has 5 nitrogen and oxygen atoms in total. The molecule has 1 heterocycles. The van der Waals surface area contributed by atoms with Crippen LogP contribution in [0, 0.1) is 0 Å². The van der Waals surface area contributed by atoms with Crippen LogP contribution in [0.5, 0.6) is 0 Å². The van der Waals surface area contributed by atoms with Crippen molar-refractivity contribution in [3.8, 4) is 0 Å². The van der Waals surface area contributed by atoms with Gasteiger partial charge in [-0.1, -0.05) is 24.3 Å². The Morgan fingerprint density at radius 2 is 1.43 bits per heavy atom. The van der Waals surface area contributed by atoms with Crippen molar-refractivity contribution in [1.82, 2.24) is 9.80 Å². The van der Waals surface area contributed by atoms with Crippen LogP contribution in [0.4, 0.5) is 0 Å². The summed E-state index contributed by atoms with van der Waals surface area (Å²) in [6.45, 7) is 6.43. The highest BCUT2D eigenvalue weighted by molar-refractivity contribution is 6.17. The fraction of sp³-hybridized carbons (Fsp3) is 0.364. The number of hydrogen-bond donors (Lipinski definition) is 1. The zero-order valence-electron chi connectivity index (χ0n) is 16.1. The van der Waals surface area contributed by atoms with Gasteiger partial charge in [-0.3, -0.25) is 9.69 Å². The Hall–Kier alpha value is -2.37. The molecule has 0 radical (unpaired) electrons. The largest absolute Gasteiger partial charge is 0.478 e. The number of benzene rings is 2. The minimum atomic E-state index is -0.917. The van der Waals surface area contributed by atoms with E-state index in [1.807, 2.05) is 41.3 Å². The van der Waals surface area contributed by atoms with Gasteiger partial charge in [0.25, 0.3) is 5.91 Å². The van der Waals surface area contributed by atoms with Crippen LogP contribution < -0.4 is 0 Å². The molecule has 0 aromatic heterocycles. The number of carbonyl (C=O) groups is 2. The quantitative estimate of drug-likeness (QED) is 0.774. The van der Waals surface area contributed by atoms with Gasteiger partial charge in [-0.15, -0.1) is 11.6 Å². The van der Waals surface area contributed by atoms with Gasteiger partial charge in [-0.05, 0) is 49.2 Å². The molecule has 0 unspecified atom stereocenters. The topological polar surface area (TPSA) is 60.9 Å². The highest BCUT2D eigenvalue weighted by Gasteiger charge is 2.33. The summed E-state index contributed by atoms with van der Waals surface area (Å²) < 4.78 is 0. The van der Waals surface area contributed by atoms with E-state index in [0.717, 1.165) is 30.8 Å². The van der Waals surface area contributed by atoms with Gasteiger partial charge >= 0.3 is 5.97 Å². The van der Waals surface area contributed by atoms with Gasteiger partial charge in [0.05, 0.1) is 5.56 Å². The molecule has 1 fully saturated rings. The fourth-order valence-electron chi connectivity index (χ4n) is 3.86. The molecule has 1 aliphatic rings. The SMILES string of the molecule is C[C@@H]1CN(Cc2ccc(C(=O)O)cc2)C[C@H](C)N1C(=O)c1ccc(CCl)cc1. The van der Waals surface area contributed by atoms with Crippen LogP contribution >= 0.6 is 11.6 Å². The number of carbonyl (C=O) groups excluding carboxylic acids is 1. The lowest BCUT2D eigenvalue weighted by Gasteiger charge is -2.44. The van der Waals surface area contributed by atoms with E-state index in [4.69, 9.17) is 16.7 Å². The van der Waals surface area contributed by atoms with Crippen molar-refractivity contribution in [2.24, 2.45) is 0 Å². The Morgan fingerprint density at radius 1 is 0.929 bits per heavy atom. The average molecular weight is 401 g/mol. The Morgan fingerprint density at radius 3 is 1.93 bits per heavy atom. The fourth-order valence-corrected chi connectivity index (χ4v) is 4.04. The van der Waals surface area contributed by atoms with Crippen molar-refractivity contribution in [1.29, 1.82) is 0 Å². The second-order valence-corrected chi connectivity index (χ2v) is 7.70. The first-order chi connectivity index (χ1) is 13.4. The zero-order valence-corrected chi connectivity index (χ0v) is 16.9. The predicted molar refractivity (Wildman–Crippen MR) is 110 cm³/mol. The van der Waals surface area contributed by atoms with Gasteiger partial charge in [0.15, 0.2) is 0 Å². The first-order valence-electron chi connectivity index (χ1n) is 9.41. The molecule has 0 saturated carbocycles. The van der Waals surface area contributed by atoms with Gasteiger partial charge in [0.2, 0.25) is 0 Å². The lowest BCUT2D eigenvalue weighted by atomic mass is 10.0. The van der Waals surface area contributed by atoms with Gasteiger partial charge in [-0.2, -0.15) is 0 Å². The van der Waals surface area contributed by atoms with Crippen molar-refractivity contribution >= 4 is 23.5 Å².